The lowest BCUT2D eigenvalue weighted by atomic mass is 9.76. The van der Waals surface area contributed by atoms with E-state index in [1.807, 2.05) is 6.07 Å². The Labute approximate surface area is 242 Å². The summed E-state index contributed by atoms with van der Waals surface area (Å²) in [6.45, 7) is 0.0355. The van der Waals surface area contributed by atoms with Crippen molar-refractivity contribution in [2.75, 3.05) is 21.0 Å². The van der Waals surface area contributed by atoms with Gasteiger partial charge in [0, 0.05) is 17.4 Å². The summed E-state index contributed by atoms with van der Waals surface area (Å²) in [5.41, 5.74) is 1.77. The van der Waals surface area contributed by atoms with E-state index in [2.05, 4.69) is 0 Å². The number of hydrogen-bond donors (Lipinski definition) is 1. The van der Waals surface area contributed by atoms with E-state index in [1.165, 1.54) is 19.1 Å². The molecule has 0 bridgehead atoms. The highest BCUT2D eigenvalue weighted by atomic mass is 16.7. The van der Waals surface area contributed by atoms with Crippen LogP contribution in [0.3, 0.4) is 0 Å². The van der Waals surface area contributed by atoms with Crippen molar-refractivity contribution in [2.24, 2.45) is 11.8 Å². The number of ketones is 1. The number of carboxylic acid groups (broad SMARTS) is 1. The van der Waals surface area contributed by atoms with Crippen LogP contribution in [0, 0.1) is 23.2 Å². The van der Waals surface area contributed by atoms with Gasteiger partial charge in [-0.3, -0.25) is 9.59 Å². The van der Waals surface area contributed by atoms with Gasteiger partial charge in [-0.15, -0.1) is 0 Å². The number of carbonyl (C=O) groups excluding carboxylic acids is 2. The number of Topliss-reactive ketones (excluding diaryl/α,β-unsaturated/α-hetero) is 1. The highest BCUT2D eigenvalue weighted by Gasteiger charge is 2.59. The molecule has 6 rings (SSSR count). The van der Waals surface area contributed by atoms with Crippen molar-refractivity contribution in [3.63, 3.8) is 0 Å². The van der Waals surface area contributed by atoms with Crippen LogP contribution in [0.15, 0.2) is 60.7 Å². The van der Waals surface area contributed by atoms with Crippen molar-refractivity contribution in [3.05, 3.63) is 82.9 Å². The van der Waals surface area contributed by atoms with Crippen LogP contribution < -0.4 is 18.9 Å². The largest absolute Gasteiger partial charge is 0.493 e. The Morgan fingerprint density at radius 1 is 0.905 bits per heavy atom. The zero-order valence-corrected chi connectivity index (χ0v) is 23.0. The first kappa shape index (κ1) is 27.1. The van der Waals surface area contributed by atoms with Crippen molar-refractivity contribution in [3.8, 4) is 29.1 Å². The Morgan fingerprint density at radius 3 is 2.24 bits per heavy atom. The van der Waals surface area contributed by atoms with Gasteiger partial charge in [0.05, 0.1) is 37.8 Å². The predicted molar refractivity (Wildman–Crippen MR) is 148 cm³/mol. The summed E-state index contributed by atoms with van der Waals surface area (Å²) in [5, 5.41) is 20.0. The Balaban J connectivity index is 1.58. The average molecular weight is 569 g/mol. The first-order chi connectivity index (χ1) is 20.4. The van der Waals surface area contributed by atoms with Crippen molar-refractivity contribution >= 4 is 17.7 Å². The van der Waals surface area contributed by atoms with Crippen LogP contribution in [0.5, 0.6) is 23.0 Å². The number of hydrogen-bond acceptors (Lipinski definition) is 8. The van der Waals surface area contributed by atoms with Crippen LogP contribution in [-0.4, -0.2) is 54.7 Å². The Hall–Kier alpha value is -5.04. The van der Waals surface area contributed by atoms with Crippen LogP contribution >= 0.6 is 0 Å². The molecule has 4 atom stereocenters. The molecule has 2 fully saturated rings. The maximum Gasteiger partial charge on any atom is 0.327 e. The molecule has 2 aliphatic heterocycles. The number of nitriles is 1. The van der Waals surface area contributed by atoms with Crippen LogP contribution in [0.1, 0.15) is 51.8 Å². The molecule has 0 spiro atoms. The lowest BCUT2D eigenvalue weighted by molar-refractivity contribution is -0.150. The number of nitrogens with zero attached hydrogens (tertiary/aromatic N) is 2. The smallest absolute Gasteiger partial charge is 0.327 e. The van der Waals surface area contributed by atoms with Crippen LogP contribution in [-0.2, 0) is 9.59 Å². The van der Waals surface area contributed by atoms with Crippen LogP contribution in [0.2, 0.25) is 0 Å². The van der Waals surface area contributed by atoms with Gasteiger partial charge < -0.3 is 29.0 Å². The molecular formula is C32H28N2O8. The molecule has 1 aliphatic carbocycles. The number of likely N-dealkylation sites (tertiary alicyclic amines) is 1. The molecule has 0 aromatic heterocycles. The average Bonchev–Trinajstić information content (AvgIpc) is 3.65. The second-order valence-electron chi connectivity index (χ2n) is 10.6. The van der Waals surface area contributed by atoms with Gasteiger partial charge in [0.25, 0.3) is 0 Å². The summed E-state index contributed by atoms with van der Waals surface area (Å²) in [7, 11) is 2.97. The van der Waals surface area contributed by atoms with Gasteiger partial charge in [0.15, 0.2) is 28.8 Å². The summed E-state index contributed by atoms with van der Waals surface area (Å²) in [5.74, 6) is -2.32. The van der Waals surface area contributed by atoms with E-state index < -0.39 is 29.9 Å². The molecular weight excluding hydrogens is 540 g/mol. The van der Waals surface area contributed by atoms with Gasteiger partial charge in [-0.2, -0.15) is 5.26 Å². The number of ether oxygens (including phenoxy) is 4. The number of fused-ring (bicyclic) bond motifs is 1. The molecule has 0 radical (unpaired) electrons. The van der Waals surface area contributed by atoms with Crippen LogP contribution in [0.4, 0.5) is 0 Å². The molecule has 1 saturated carbocycles. The number of methoxy groups -OCH3 is 2. The van der Waals surface area contributed by atoms with E-state index in [9.17, 15) is 24.8 Å². The monoisotopic (exact) mass is 568 g/mol. The lowest BCUT2D eigenvalue weighted by Gasteiger charge is -2.30. The van der Waals surface area contributed by atoms with Crippen molar-refractivity contribution in [1.29, 1.82) is 5.26 Å². The fourth-order valence-corrected chi connectivity index (χ4v) is 6.12. The SMILES string of the molecule is COc1ccc(C2C(C(=O)c3ccc(C#N)cc3)C(c3ccc4c(c3)OCO4)N(C(=O)C3CC3)C2C(=O)O)cc1OC. The predicted octanol–water partition coefficient (Wildman–Crippen LogP) is 4.33. The molecule has 3 aliphatic rings. The zero-order valence-electron chi connectivity index (χ0n) is 23.0. The maximum absolute atomic E-state index is 14.5. The highest BCUT2D eigenvalue weighted by molar-refractivity contribution is 6.01. The van der Waals surface area contributed by atoms with Crippen LogP contribution in [0.25, 0.3) is 0 Å². The third-order valence-corrected chi connectivity index (χ3v) is 8.23. The number of aliphatic carboxylic acids is 1. The van der Waals surface area contributed by atoms with Crippen molar-refractivity contribution in [2.45, 2.75) is 30.8 Å². The molecule has 10 nitrogen and oxygen atoms in total. The Morgan fingerprint density at radius 2 is 1.60 bits per heavy atom. The number of carboxylic acids is 1. The molecule has 3 aromatic rings. The maximum atomic E-state index is 14.5. The minimum absolute atomic E-state index is 0.0355. The topological polar surface area (TPSA) is 135 Å². The fourth-order valence-electron chi connectivity index (χ4n) is 6.12. The van der Waals surface area contributed by atoms with E-state index in [1.54, 1.807) is 60.7 Å². The third kappa shape index (κ3) is 4.57. The fraction of sp³-hybridized carbons (Fsp3) is 0.312. The lowest BCUT2D eigenvalue weighted by Crippen LogP contribution is -2.44. The molecule has 42 heavy (non-hydrogen) atoms. The van der Waals surface area contributed by atoms with E-state index >= 15 is 0 Å². The van der Waals surface area contributed by atoms with E-state index in [-0.39, 0.29) is 24.4 Å². The van der Waals surface area contributed by atoms with Gasteiger partial charge in [-0.25, -0.2) is 4.79 Å². The molecule has 1 saturated heterocycles. The summed E-state index contributed by atoms with van der Waals surface area (Å²) in [6, 6.07) is 16.2. The summed E-state index contributed by atoms with van der Waals surface area (Å²) in [6.07, 6.45) is 1.32. The van der Waals surface area contributed by atoms with Gasteiger partial charge in [0.2, 0.25) is 12.7 Å². The zero-order chi connectivity index (χ0) is 29.5. The molecule has 1 amide bonds. The first-order valence-electron chi connectivity index (χ1n) is 13.6. The number of carbonyl (C=O) groups is 3. The normalized spacial score (nSPS) is 22.4. The van der Waals surface area contributed by atoms with Gasteiger partial charge in [0.1, 0.15) is 6.04 Å². The highest BCUT2D eigenvalue weighted by Crippen LogP contribution is 2.54. The van der Waals surface area contributed by atoms with E-state index in [4.69, 9.17) is 18.9 Å². The minimum Gasteiger partial charge on any atom is -0.493 e. The minimum atomic E-state index is -1.35. The molecule has 4 unspecified atom stereocenters. The van der Waals surface area contributed by atoms with E-state index in [0.29, 0.717) is 58.1 Å². The molecule has 2 heterocycles. The first-order valence-corrected chi connectivity index (χ1v) is 13.6. The number of benzene rings is 3. The van der Waals surface area contributed by atoms with Gasteiger partial charge in [-0.1, -0.05) is 24.3 Å². The number of amides is 1. The van der Waals surface area contributed by atoms with E-state index in [0.717, 1.165) is 0 Å². The number of rotatable bonds is 8. The quantitative estimate of drug-likeness (QED) is 0.394. The van der Waals surface area contributed by atoms with Gasteiger partial charge in [-0.05, 0) is 60.4 Å². The van der Waals surface area contributed by atoms with Crippen molar-refractivity contribution < 1.29 is 38.4 Å². The Kier molecular flexibility index (Phi) is 6.94. The molecule has 1 N–H and O–H groups in total. The summed E-state index contributed by atoms with van der Waals surface area (Å²) >= 11 is 0. The molecule has 3 aromatic carbocycles. The molecule has 10 heteroatoms. The van der Waals surface area contributed by atoms with Crippen molar-refractivity contribution in [1.82, 2.24) is 4.90 Å². The molecule has 214 valence electrons. The Bertz CT molecular complexity index is 1610. The summed E-state index contributed by atoms with van der Waals surface area (Å²) < 4.78 is 22.0. The second-order valence-corrected chi connectivity index (χ2v) is 10.6. The standard InChI is InChI=1S/C32H28N2O8/c1-39-22-11-9-20(13-24(22)40-2)26-27(30(35)18-5-3-17(15-33)4-6-18)28(21-10-12-23-25(14-21)42-16-41-23)34(29(26)32(37)38)31(36)19-7-8-19/h3-6,9-14,19,26-29H,7-8,16H2,1-2H3,(H,37,38). The van der Waals surface area contributed by atoms with Gasteiger partial charge >= 0.3 is 5.97 Å². The second kappa shape index (κ2) is 10.7. The summed E-state index contributed by atoms with van der Waals surface area (Å²) in [4.78, 5) is 43.0. The third-order valence-electron chi connectivity index (χ3n) is 8.23.